The van der Waals surface area contributed by atoms with Crippen molar-refractivity contribution in [1.29, 1.82) is 0 Å². The van der Waals surface area contributed by atoms with E-state index in [1.165, 1.54) is 20.0 Å². The highest BCUT2D eigenvalue weighted by Crippen LogP contribution is 2.29. The molecule has 0 aliphatic heterocycles. The third-order valence-corrected chi connectivity index (χ3v) is 3.24. The number of nitrogens with zero attached hydrogens (tertiary/aromatic N) is 1. The smallest absolute Gasteiger partial charge is 0.169 e. The predicted molar refractivity (Wildman–Crippen MR) is 67.1 cm³/mol. The summed E-state index contributed by atoms with van der Waals surface area (Å²) >= 11 is 5.77. The minimum Gasteiger partial charge on any atom is -0.494 e. The number of ether oxygens (including phenoxy) is 1. The van der Waals surface area contributed by atoms with E-state index in [0.29, 0.717) is 29.8 Å². The molecule has 0 heterocycles. The number of hydrogen-bond donors (Lipinski definition) is 0. The Bertz CT molecular complexity index is 382. The van der Waals surface area contributed by atoms with Gasteiger partial charge >= 0.3 is 0 Å². The molecule has 1 aromatic carbocycles. The Labute approximate surface area is 106 Å². The highest BCUT2D eigenvalue weighted by molar-refractivity contribution is 6.18. The van der Waals surface area contributed by atoms with Gasteiger partial charge in [0.15, 0.2) is 11.6 Å². The minimum atomic E-state index is -0.254. The second-order valence-corrected chi connectivity index (χ2v) is 4.70. The van der Waals surface area contributed by atoms with Crippen molar-refractivity contribution < 1.29 is 9.13 Å². The Kier molecular flexibility index (Phi) is 4.24. The van der Waals surface area contributed by atoms with E-state index in [0.717, 1.165) is 6.54 Å². The molecule has 17 heavy (non-hydrogen) atoms. The zero-order chi connectivity index (χ0) is 12.3. The summed E-state index contributed by atoms with van der Waals surface area (Å²) < 4.78 is 19.0. The van der Waals surface area contributed by atoms with Gasteiger partial charge in [0.2, 0.25) is 0 Å². The van der Waals surface area contributed by atoms with Gasteiger partial charge in [-0.2, -0.15) is 0 Å². The molecular weight excluding hydrogens is 241 g/mol. The monoisotopic (exact) mass is 257 g/mol. The molecule has 1 aromatic rings. The molecule has 0 saturated heterocycles. The molecule has 0 unspecified atom stereocenters. The number of alkyl halides is 1. The van der Waals surface area contributed by atoms with Gasteiger partial charge in [0, 0.05) is 30.6 Å². The maximum absolute atomic E-state index is 14.0. The van der Waals surface area contributed by atoms with Crippen molar-refractivity contribution >= 4 is 11.6 Å². The summed E-state index contributed by atoms with van der Waals surface area (Å²) in [6, 6.07) is 5.85. The van der Waals surface area contributed by atoms with Gasteiger partial charge in [-0.25, -0.2) is 4.39 Å². The molecular formula is C13H17ClFNO. The number of methoxy groups -OCH3 is 1. The summed E-state index contributed by atoms with van der Waals surface area (Å²) in [6.45, 7) is 1.42. The Hall–Kier alpha value is -0.800. The lowest BCUT2D eigenvalue weighted by atomic mass is 10.2. The third kappa shape index (κ3) is 3.11. The van der Waals surface area contributed by atoms with Crippen molar-refractivity contribution in [1.82, 2.24) is 4.90 Å². The molecule has 94 valence electrons. The van der Waals surface area contributed by atoms with Crippen molar-refractivity contribution in [3.05, 3.63) is 29.6 Å². The largest absolute Gasteiger partial charge is 0.494 e. The van der Waals surface area contributed by atoms with Crippen LogP contribution in [0.15, 0.2) is 18.2 Å². The summed E-state index contributed by atoms with van der Waals surface area (Å²) in [5.74, 6) is 0.640. The van der Waals surface area contributed by atoms with Crippen LogP contribution in [-0.4, -0.2) is 30.5 Å². The van der Waals surface area contributed by atoms with Crippen LogP contribution >= 0.6 is 11.6 Å². The first-order valence-electron chi connectivity index (χ1n) is 5.87. The first-order valence-corrected chi connectivity index (χ1v) is 6.41. The van der Waals surface area contributed by atoms with Crippen LogP contribution in [0, 0.1) is 5.82 Å². The maximum Gasteiger partial charge on any atom is 0.169 e. The standard InChI is InChI=1S/C13H17ClFNO/c1-17-12-4-2-3-10(13(12)15)9-16(8-7-14)11-5-6-11/h2-4,11H,5-9H2,1H3. The summed E-state index contributed by atoms with van der Waals surface area (Å²) in [5.41, 5.74) is 0.682. The van der Waals surface area contributed by atoms with Crippen LogP contribution in [0.1, 0.15) is 18.4 Å². The third-order valence-electron chi connectivity index (χ3n) is 3.07. The second-order valence-electron chi connectivity index (χ2n) is 4.32. The second kappa shape index (κ2) is 5.69. The molecule has 1 aliphatic rings. The van der Waals surface area contributed by atoms with E-state index >= 15 is 0 Å². The van der Waals surface area contributed by atoms with Crippen molar-refractivity contribution in [3.8, 4) is 5.75 Å². The minimum absolute atomic E-state index is 0.254. The lowest BCUT2D eigenvalue weighted by Crippen LogP contribution is -2.28. The SMILES string of the molecule is COc1cccc(CN(CCCl)C2CC2)c1F. The maximum atomic E-state index is 14.0. The van der Waals surface area contributed by atoms with Crippen LogP contribution in [-0.2, 0) is 6.54 Å². The van der Waals surface area contributed by atoms with Crippen molar-refractivity contribution in [2.75, 3.05) is 19.5 Å². The topological polar surface area (TPSA) is 12.5 Å². The predicted octanol–water partition coefficient (Wildman–Crippen LogP) is 3.04. The molecule has 0 atom stereocenters. The van der Waals surface area contributed by atoms with Gasteiger partial charge in [-0.05, 0) is 18.9 Å². The molecule has 2 rings (SSSR count). The summed E-state index contributed by atoms with van der Waals surface area (Å²) in [7, 11) is 1.49. The van der Waals surface area contributed by atoms with Gasteiger partial charge in [0.1, 0.15) is 0 Å². The van der Waals surface area contributed by atoms with Crippen LogP contribution < -0.4 is 4.74 Å². The van der Waals surface area contributed by atoms with Gasteiger partial charge in [0.25, 0.3) is 0 Å². The fraction of sp³-hybridized carbons (Fsp3) is 0.538. The van der Waals surface area contributed by atoms with Crippen LogP contribution in [0.4, 0.5) is 4.39 Å². The summed E-state index contributed by atoms with van der Waals surface area (Å²) in [4.78, 5) is 2.24. The summed E-state index contributed by atoms with van der Waals surface area (Å²) in [6.07, 6.45) is 2.39. The molecule has 0 aromatic heterocycles. The van der Waals surface area contributed by atoms with E-state index in [-0.39, 0.29) is 5.82 Å². The van der Waals surface area contributed by atoms with Gasteiger partial charge in [-0.15, -0.1) is 11.6 Å². The molecule has 1 fully saturated rings. The zero-order valence-electron chi connectivity index (χ0n) is 9.96. The van der Waals surface area contributed by atoms with Crippen molar-refractivity contribution in [2.45, 2.75) is 25.4 Å². The fourth-order valence-electron chi connectivity index (χ4n) is 1.99. The molecule has 1 aliphatic carbocycles. The molecule has 0 bridgehead atoms. The van der Waals surface area contributed by atoms with Gasteiger partial charge in [-0.3, -0.25) is 4.90 Å². The number of rotatable bonds is 6. The molecule has 0 N–H and O–H groups in total. The first kappa shape index (κ1) is 12.7. The number of halogens is 2. The Morgan fingerprint density at radius 1 is 1.47 bits per heavy atom. The molecule has 2 nitrogen and oxygen atoms in total. The van der Waals surface area contributed by atoms with Crippen LogP contribution in [0.2, 0.25) is 0 Å². The normalized spacial score (nSPS) is 15.3. The van der Waals surface area contributed by atoms with Gasteiger partial charge < -0.3 is 4.74 Å². The van der Waals surface area contributed by atoms with Crippen LogP contribution in [0.5, 0.6) is 5.75 Å². The van der Waals surface area contributed by atoms with Crippen molar-refractivity contribution in [2.24, 2.45) is 0 Å². The van der Waals surface area contributed by atoms with E-state index in [2.05, 4.69) is 4.90 Å². The molecule has 0 spiro atoms. The fourth-order valence-corrected chi connectivity index (χ4v) is 2.21. The average molecular weight is 258 g/mol. The van der Waals surface area contributed by atoms with E-state index < -0.39 is 0 Å². The van der Waals surface area contributed by atoms with Gasteiger partial charge in [-0.1, -0.05) is 12.1 Å². The first-order chi connectivity index (χ1) is 8.26. The highest BCUT2D eigenvalue weighted by atomic mass is 35.5. The average Bonchev–Trinajstić information content (AvgIpc) is 3.15. The molecule has 0 amide bonds. The van der Waals surface area contributed by atoms with Gasteiger partial charge in [0.05, 0.1) is 7.11 Å². The lowest BCUT2D eigenvalue weighted by Gasteiger charge is -2.21. The number of hydrogen-bond acceptors (Lipinski definition) is 2. The highest BCUT2D eigenvalue weighted by Gasteiger charge is 2.29. The Morgan fingerprint density at radius 2 is 2.24 bits per heavy atom. The van der Waals surface area contributed by atoms with Crippen LogP contribution in [0.25, 0.3) is 0 Å². The lowest BCUT2D eigenvalue weighted by molar-refractivity contribution is 0.265. The van der Waals surface area contributed by atoms with Crippen molar-refractivity contribution in [3.63, 3.8) is 0 Å². The quantitative estimate of drug-likeness (QED) is 0.727. The molecule has 1 saturated carbocycles. The van der Waals surface area contributed by atoms with E-state index in [9.17, 15) is 4.39 Å². The molecule has 0 radical (unpaired) electrons. The van der Waals surface area contributed by atoms with Crippen LogP contribution in [0.3, 0.4) is 0 Å². The Morgan fingerprint density at radius 3 is 2.82 bits per heavy atom. The van der Waals surface area contributed by atoms with E-state index in [1.807, 2.05) is 12.1 Å². The number of benzene rings is 1. The van der Waals surface area contributed by atoms with E-state index in [4.69, 9.17) is 16.3 Å². The molecule has 4 heteroatoms. The Balaban J connectivity index is 2.10. The summed E-state index contributed by atoms with van der Waals surface area (Å²) in [5, 5.41) is 0. The zero-order valence-corrected chi connectivity index (χ0v) is 10.7. The van der Waals surface area contributed by atoms with E-state index in [1.54, 1.807) is 6.07 Å².